The Balaban J connectivity index is 2.49. The van der Waals surface area contributed by atoms with Gasteiger partial charge in [-0.15, -0.1) is 6.42 Å². The van der Waals surface area contributed by atoms with E-state index in [9.17, 15) is 0 Å². The summed E-state index contributed by atoms with van der Waals surface area (Å²) in [6.45, 7) is 2.85. The molecule has 1 aromatic heterocycles. The molecule has 0 aliphatic rings. The Morgan fingerprint density at radius 1 is 1.57 bits per heavy atom. The van der Waals surface area contributed by atoms with Gasteiger partial charge in [-0.2, -0.15) is 0 Å². The van der Waals surface area contributed by atoms with Gasteiger partial charge in [-0.3, -0.25) is 9.88 Å². The predicted octanol–water partition coefficient (Wildman–Crippen LogP) is 1.58. The zero-order chi connectivity index (χ0) is 10.4. The average Bonchev–Trinajstić information content (AvgIpc) is 2.19. The SMILES string of the molecule is C#CCN(C)C(C)Cc1ccccn1. The predicted molar refractivity (Wildman–Crippen MR) is 58.9 cm³/mol. The number of pyridine rings is 1. The molecule has 14 heavy (non-hydrogen) atoms. The first kappa shape index (κ1) is 10.7. The van der Waals surface area contributed by atoms with Gasteiger partial charge in [-0.1, -0.05) is 12.0 Å². The molecular weight excluding hydrogens is 172 g/mol. The first-order chi connectivity index (χ1) is 6.74. The highest BCUT2D eigenvalue weighted by Crippen LogP contribution is 2.03. The van der Waals surface area contributed by atoms with Crippen LogP contribution in [0.2, 0.25) is 0 Å². The fourth-order valence-corrected chi connectivity index (χ4v) is 1.28. The largest absolute Gasteiger partial charge is 0.292 e. The van der Waals surface area contributed by atoms with E-state index in [1.54, 1.807) is 0 Å². The molecule has 2 nitrogen and oxygen atoms in total. The molecule has 0 saturated heterocycles. The van der Waals surface area contributed by atoms with Crippen LogP contribution in [0.4, 0.5) is 0 Å². The van der Waals surface area contributed by atoms with E-state index in [1.807, 2.05) is 31.4 Å². The molecule has 1 unspecified atom stereocenters. The molecule has 74 valence electrons. The number of likely N-dealkylation sites (N-methyl/N-ethyl adjacent to an activating group) is 1. The average molecular weight is 188 g/mol. The monoisotopic (exact) mass is 188 g/mol. The summed E-state index contributed by atoms with van der Waals surface area (Å²) in [7, 11) is 2.04. The van der Waals surface area contributed by atoms with Gasteiger partial charge in [0.15, 0.2) is 0 Å². The lowest BCUT2D eigenvalue weighted by Crippen LogP contribution is -2.31. The van der Waals surface area contributed by atoms with Crippen LogP contribution in [-0.2, 0) is 6.42 Å². The Kier molecular flexibility index (Phi) is 4.15. The van der Waals surface area contributed by atoms with Crippen LogP contribution in [-0.4, -0.2) is 29.5 Å². The van der Waals surface area contributed by atoms with Crippen LogP contribution in [0, 0.1) is 12.3 Å². The van der Waals surface area contributed by atoms with Crippen molar-refractivity contribution < 1.29 is 0 Å². The Morgan fingerprint density at radius 3 is 2.93 bits per heavy atom. The Bertz CT molecular complexity index is 300. The molecule has 1 rings (SSSR count). The number of aromatic nitrogens is 1. The molecule has 0 radical (unpaired) electrons. The van der Waals surface area contributed by atoms with Gasteiger partial charge < -0.3 is 0 Å². The minimum atomic E-state index is 0.431. The summed E-state index contributed by atoms with van der Waals surface area (Å²) in [5.41, 5.74) is 1.11. The van der Waals surface area contributed by atoms with Gasteiger partial charge in [0.25, 0.3) is 0 Å². The van der Waals surface area contributed by atoms with E-state index in [1.165, 1.54) is 0 Å². The van der Waals surface area contributed by atoms with E-state index in [4.69, 9.17) is 6.42 Å². The molecule has 1 aromatic rings. The summed E-state index contributed by atoms with van der Waals surface area (Å²) in [6.07, 6.45) is 8.02. The highest BCUT2D eigenvalue weighted by molar-refractivity contribution is 5.05. The van der Waals surface area contributed by atoms with Gasteiger partial charge in [0.2, 0.25) is 0 Å². The van der Waals surface area contributed by atoms with Crippen molar-refractivity contribution in [1.29, 1.82) is 0 Å². The standard InChI is InChI=1S/C12H16N2/c1-4-9-14(3)11(2)10-12-7-5-6-8-13-12/h1,5-8,11H,9-10H2,2-3H3. The topological polar surface area (TPSA) is 16.1 Å². The summed E-state index contributed by atoms with van der Waals surface area (Å²) in [4.78, 5) is 6.43. The van der Waals surface area contributed by atoms with Crippen LogP contribution in [0.25, 0.3) is 0 Å². The smallest absolute Gasteiger partial charge is 0.0598 e. The quantitative estimate of drug-likeness (QED) is 0.667. The molecule has 0 aliphatic heterocycles. The molecule has 0 aliphatic carbocycles. The van der Waals surface area contributed by atoms with Crippen LogP contribution in [0.1, 0.15) is 12.6 Å². The second-order valence-corrected chi connectivity index (χ2v) is 3.49. The second kappa shape index (κ2) is 5.41. The molecule has 1 heterocycles. The molecule has 0 aromatic carbocycles. The molecule has 1 atom stereocenters. The van der Waals surface area contributed by atoms with Crippen molar-refractivity contribution in [3.8, 4) is 12.3 Å². The van der Waals surface area contributed by atoms with Crippen LogP contribution < -0.4 is 0 Å². The number of terminal acetylenes is 1. The van der Waals surface area contributed by atoms with E-state index < -0.39 is 0 Å². The maximum atomic E-state index is 5.25. The minimum Gasteiger partial charge on any atom is -0.292 e. The lowest BCUT2D eigenvalue weighted by atomic mass is 10.1. The second-order valence-electron chi connectivity index (χ2n) is 3.49. The van der Waals surface area contributed by atoms with Crippen LogP contribution >= 0.6 is 0 Å². The van der Waals surface area contributed by atoms with Gasteiger partial charge in [-0.25, -0.2) is 0 Å². The van der Waals surface area contributed by atoms with E-state index in [-0.39, 0.29) is 0 Å². The lowest BCUT2D eigenvalue weighted by Gasteiger charge is -2.21. The third-order valence-electron chi connectivity index (χ3n) is 2.32. The summed E-state index contributed by atoms with van der Waals surface area (Å²) in [5, 5.41) is 0. The maximum Gasteiger partial charge on any atom is 0.0598 e. The number of rotatable bonds is 4. The molecule has 0 fully saturated rings. The molecule has 0 saturated carbocycles. The van der Waals surface area contributed by atoms with Crippen molar-refractivity contribution in [2.24, 2.45) is 0 Å². The van der Waals surface area contributed by atoms with Crippen molar-refractivity contribution in [1.82, 2.24) is 9.88 Å². The van der Waals surface area contributed by atoms with E-state index in [0.29, 0.717) is 12.6 Å². The normalized spacial score (nSPS) is 12.4. The number of hydrogen-bond donors (Lipinski definition) is 0. The molecule has 0 spiro atoms. The molecule has 0 bridgehead atoms. The van der Waals surface area contributed by atoms with Gasteiger partial charge in [0.05, 0.1) is 6.54 Å². The van der Waals surface area contributed by atoms with Gasteiger partial charge in [0, 0.05) is 24.4 Å². The summed E-state index contributed by atoms with van der Waals surface area (Å²) >= 11 is 0. The minimum absolute atomic E-state index is 0.431. The molecular formula is C12H16N2. The van der Waals surface area contributed by atoms with E-state index >= 15 is 0 Å². The van der Waals surface area contributed by atoms with Crippen molar-refractivity contribution in [3.05, 3.63) is 30.1 Å². The van der Waals surface area contributed by atoms with E-state index in [2.05, 4.69) is 22.7 Å². The first-order valence-corrected chi connectivity index (χ1v) is 4.77. The third-order valence-corrected chi connectivity index (χ3v) is 2.32. The lowest BCUT2D eigenvalue weighted by molar-refractivity contribution is 0.285. The number of hydrogen-bond acceptors (Lipinski definition) is 2. The van der Waals surface area contributed by atoms with Crippen LogP contribution in [0.5, 0.6) is 0 Å². The highest BCUT2D eigenvalue weighted by atomic mass is 15.1. The fraction of sp³-hybridized carbons (Fsp3) is 0.417. The van der Waals surface area contributed by atoms with E-state index in [0.717, 1.165) is 12.1 Å². The Hall–Kier alpha value is -1.33. The summed E-state index contributed by atoms with van der Waals surface area (Å²) in [5.74, 6) is 2.64. The first-order valence-electron chi connectivity index (χ1n) is 4.77. The Morgan fingerprint density at radius 2 is 2.36 bits per heavy atom. The molecule has 0 N–H and O–H groups in total. The van der Waals surface area contributed by atoms with Crippen LogP contribution in [0.3, 0.4) is 0 Å². The zero-order valence-electron chi connectivity index (χ0n) is 8.77. The third kappa shape index (κ3) is 3.20. The molecule has 0 amide bonds. The fourth-order valence-electron chi connectivity index (χ4n) is 1.28. The van der Waals surface area contributed by atoms with Crippen LogP contribution in [0.15, 0.2) is 24.4 Å². The zero-order valence-corrected chi connectivity index (χ0v) is 8.77. The summed E-state index contributed by atoms with van der Waals surface area (Å²) < 4.78 is 0. The van der Waals surface area contributed by atoms with Crippen molar-refractivity contribution in [3.63, 3.8) is 0 Å². The van der Waals surface area contributed by atoms with Crippen molar-refractivity contribution in [2.75, 3.05) is 13.6 Å². The van der Waals surface area contributed by atoms with Crippen molar-refractivity contribution in [2.45, 2.75) is 19.4 Å². The Labute approximate surface area is 86.0 Å². The maximum absolute atomic E-state index is 5.25. The number of nitrogens with zero attached hydrogens (tertiary/aromatic N) is 2. The van der Waals surface area contributed by atoms with Gasteiger partial charge >= 0.3 is 0 Å². The molecule has 2 heteroatoms. The van der Waals surface area contributed by atoms with Gasteiger partial charge in [-0.05, 0) is 26.1 Å². The van der Waals surface area contributed by atoms with Crippen molar-refractivity contribution >= 4 is 0 Å². The highest BCUT2D eigenvalue weighted by Gasteiger charge is 2.08. The summed E-state index contributed by atoms with van der Waals surface area (Å²) in [6, 6.07) is 6.41. The van der Waals surface area contributed by atoms with Gasteiger partial charge in [0.1, 0.15) is 0 Å².